The fourth-order valence-electron chi connectivity index (χ4n) is 4.39. The quantitative estimate of drug-likeness (QED) is 0.596. The van der Waals surface area contributed by atoms with Crippen molar-refractivity contribution in [3.8, 4) is 0 Å². The van der Waals surface area contributed by atoms with Gasteiger partial charge in [0.15, 0.2) is 5.17 Å². The number of nitrogens with zero attached hydrogens (tertiary/aromatic N) is 1. The van der Waals surface area contributed by atoms with E-state index in [1.165, 1.54) is 23.9 Å². The molecule has 0 spiro atoms. The third-order valence-electron chi connectivity index (χ3n) is 6.17. The SMILES string of the molecule is O=C(NC1=N[C@@]2(c3ccc(F)cc3F)CO[C@@H](C(O)CCCO)C[C@H]2CS1)c1ccccc1. The molecule has 2 aromatic carbocycles. The zero-order valence-corrected chi connectivity index (χ0v) is 18.7. The van der Waals surface area contributed by atoms with Crippen LogP contribution in [0.3, 0.4) is 0 Å². The minimum absolute atomic E-state index is 0.0215. The van der Waals surface area contributed by atoms with Crippen molar-refractivity contribution in [1.82, 2.24) is 5.32 Å². The molecule has 1 saturated heterocycles. The highest BCUT2D eigenvalue weighted by Gasteiger charge is 2.50. The number of benzene rings is 2. The molecule has 6 nitrogen and oxygen atoms in total. The molecule has 0 aromatic heterocycles. The molecule has 33 heavy (non-hydrogen) atoms. The third kappa shape index (κ3) is 5.11. The molecule has 1 unspecified atom stereocenters. The van der Waals surface area contributed by atoms with Crippen molar-refractivity contribution in [2.75, 3.05) is 19.0 Å². The monoisotopic (exact) mass is 476 g/mol. The summed E-state index contributed by atoms with van der Waals surface area (Å²) in [5.74, 6) is -1.44. The van der Waals surface area contributed by atoms with Crippen molar-refractivity contribution < 1.29 is 28.5 Å². The maximum absolute atomic E-state index is 14.9. The number of amidine groups is 1. The van der Waals surface area contributed by atoms with Gasteiger partial charge in [0.25, 0.3) is 5.91 Å². The average Bonchev–Trinajstić information content (AvgIpc) is 2.82. The van der Waals surface area contributed by atoms with Gasteiger partial charge < -0.3 is 20.3 Å². The highest BCUT2D eigenvalue weighted by molar-refractivity contribution is 8.13. The first-order chi connectivity index (χ1) is 15.9. The predicted octanol–water partition coefficient (Wildman–Crippen LogP) is 3.23. The van der Waals surface area contributed by atoms with Gasteiger partial charge in [-0.3, -0.25) is 4.79 Å². The number of carbonyl (C=O) groups excluding carboxylic acids is 1. The van der Waals surface area contributed by atoms with Gasteiger partial charge in [-0.05, 0) is 37.5 Å². The van der Waals surface area contributed by atoms with Crippen molar-refractivity contribution in [2.24, 2.45) is 10.9 Å². The summed E-state index contributed by atoms with van der Waals surface area (Å²) in [5.41, 5.74) is -0.490. The summed E-state index contributed by atoms with van der Waals surface area (Å²) in [7, 11) is 0. The molecular formula is C24H26F2N2O4S. The van der Waals surface area contributed by atoms with Crippen molar-refractivity contribution >= 4 is 22.8 Å². The van der Waals surface area contributed by atoms with E-state index in [0.717, 1.165) is 6.07 Å². The fraction of sp³-hybridized carbons (Fsp3) is 0.417. The van der Waals surface area contributed by atoms with Crippen LogP contribution >= 0.6 is 11.8 Å². The number of hydrogen-bond acceptors (Lipinski definition) is 6. The van der Waals surface area contributed by atoms with E-state index < -0.39 is 29.4 Å². The molecule has 2 aliphatic heterocycles. The number of aliphatic imine (C=N–C) groups is 1. The number of fused-ring (bicyclic) bond motifs is 1. The van der Waals surface area contributed by atoms with Crippen molar-refractivity contribution in [2.45, 2.75) is 37.0 Å². The Morgan fingerprint density at radius 2 is 2.06 bits per heavy atom. The number of amides is 1. The number of carbonyl (C=O) groups is 1. The fourth-order valence-corrected chi connectivity index (χ4v) is 5.56. The Labute approximate surface area is 195 Å². The van der Waals surface area contributed by atoms with Crippen LogP contribution in [0.25, 0.3) is 0 Å². The van der Waals surface area contributed by atoms with Crippen LogP contribution in [0.2, 0.25) is 0 Å². The van der Waals surface area contributed by atoms with Crippen LogP contribution in [0.1, 0.15) is 35.2 Å². The first kappa shape index (κ1) is 23.8. The molecule has 0 radical (unpaired) electrons. The Morgan fingerprint density at radius 3 is 2.79 bits per heavy atom. The summed E-state index contributed by atoms with van der Waals surface area (Å²) >= 11 is 1.35. The Balaban J connectivity index is 1.64. The van der Waals surface area contributed by atoms with Gasteiger partial charge in [0.2, 0.25) is 0 Å². The number of rotatable bonds is 6. The molecule has 0 bridgehead atoms. The van der Waals surface area contributed by atoms with E-state index in [1.54, 1.807) is 24.3 Å². The van der Waals surface area contributed by atoms with Crippen LogP contribution in [0.4, 0.5) is 8.78 Å². The number of hydrogen-bond donors (Lipinski definition) is 3. The molecule has 0 aliphatic carbocycles. The summed E-state index contributed by atoms with van der Waals surface area (Å²) in [5, 5.41) is 22.7. The Kier molecular flexibility index (Phi) is 7.43. The molecule has 2 heterocycles. The zero-order valence-electron chi connectivity index (χ0n) is 17.9. The summed E-state index contributed by atoms with van der Waals surface area (Å²) in [6, 6.07) is 12.1. The Hall–Kier alpha value is -2.33. The molecule has 1 amide bonds. The second-order valence-corrected chi connectivity index (χ2v) is 9.32. The van der Waals surface area contributed by atoms with Crippen LogP contribution in [0.5, 0.6) is 0 Å². The molecule has 2 aromatic rings. The van der Waals surface area contributed by atoms with E-state index in [-0.39, 0.29) is 30.6 Å². The standard InChI is InChI=1S/C24H26F2N2O4S/c25-17-8-9-18(19(26)12-17)24-14-32-21(20(30)7-4-10-29)11-16(24)13-33-23(28-24)27-22(31)15-5-2-1-3-6-15/h1-3,5-6,8-9,12,16,20-21,29-30H,4,7,10-11,13-14H2,(H,27,28,31)/t16-,20?,21+,24-/m0/s1. The summed E-state index contributed by atoms with van der Waals surface area (Å²) < 4.78 is 34.5. The van der Waals surface area contributed by atoms with Crippen molar-refractivity contribution in [3.05, 3.63) is 71.3 Å². The molecule has 9 heteroatoms. The van der Waals surface area contributed by atoms with Crippen molar-refractivity contribution in [1.29, 1.82) is 0 Å². The number of ether oxygens (including phenoxy) is 1. The molecule has 2 aliphatic rings. The van der Waals surface area contributed by atoms with Crippen molar-refractivity contribution in [3.63, 3.8) is 0 Å². The predicted molar refractivity (Wildman–Crippen MR) is 122 cm³/mol. The van der Waals surface area contributed by atoms with E-state index in [0.29, 0.717) is 35.7 Å². The minimum atomic E-state index is -1.16. The lowest BCUT2D eigenvalue weighted by Gasteiger charge is -2.47. The average molecular weight is 477 g/mol. The molecule has 4 rings (SSSR count). The van der Waals surface area contributed by atoms with E-state index in [1.807, 2.05) is 6.07 Å². The Morgan fingerprint density at radius 1 is 1.27 bits per heavy atom. The van der Waals surface area contributed by atoms with E-state index in [4.69, 9.17) is 14.8 Å². The maximum Gasteiger partial charge on any atom is 0.257 e. The van der Waals surface area contributed by atoms with Crippen LogP contribution in [-0.2, 0) is 10.3 Å². The molecule has 176 valence electrons. The van der Waals surface area contributed by atoms with E-state index in [9.17, 15) is 18.7 Å². The van der Waals surface area contributed by atoms with Gasteiger partial charge in [-0.15, -0.1) is 0 Å². The van der Waals surface area contributed by atoms with Crippen LogP contribution in [0, 0.1) is 17.6 Å². The van der Waals surface area contributed by atoms with Crippen LogP contribution in [0.15, 0.2) is 53.5 Å². The van der Waals surface area contributed by atoms with Gasteiger partial charge in [0.1, 0.15) is 17.2 Å². The number of halogens is 2. The van der Waals surface area contributed by atoms with E-state index in [2.05, 4.69) is 5.32 Å². The number of thioether (sulfide) groups is 1. The van der Waals surface area contributed by atoms with Gasteiger partial charge in [-0.1, -0.05) is 36.0 Å². The summed E-state index contributed by atoms with van der Waals surface area (Å²) in [6.07, 6.45) is 0.0164. The highest BCUT2D eigenvalue weighted by Crippen LogP contribution is 2.47. The lowest BCUT2D eigenvalue weighted by Crippen LogP contribution is -2.53. The van der Waals surface area contributed by atoms with Gasteiger partial charge in [-0.2, -0.15) is 0 Å². The first-order valence-corrected chi connectivity index (χ1v) is 11.9. The number of aliphatic hydroxyl groups excluding tert-OH is 2. The summed E-state index contributed by atoms with van der Waals surface area (Å²) in [4.78, 5) is 17.4. The van der Waals surface area contributed by atoms with Gasteiger partial charge in [-0.25, -0.2) is 13.8 Å². The second-order valence-electron chi connectivity index (χ2n) is 8.31. The van der Waals surface area contributed by atoms with Crippen LogP contribution < -0.4 is 5.32 Å². The highest BCUT2D eigenvalue weighted by atomic mass is 32.2. The molecule has 3 N–H and O–H groups in total. The minimum Gasteiger partial charge on any atom is -0.396 e. The Bertz CT molecular complexity index is 1020. The topological polar surface area (TPSA) is 91.2 Å². The first-order valence-electron chi connectivity index (χ1n) is 10.9. The smallest absolute Gasteiger partial charge is 0.257 e. The third-order valence-corrected chi connectivity index (χ3v) is 7.21. The molecule has 4 atom stereocenters. The van der Waals surface area contributed by atoms with Gasteiger partial charge in [0.05, 0.1) is 18.8 Å². The molecule has 0 saturated carbocycles. The van der Waals surface area contributed by atoms with E-state index >= 15 is 0 Å². The lowest BCUT2D eigenvalue weighted by atomic mass is 9.74. The van der Waals surface area contributed by atoms with Gasteiger partial charge in [0, 0.05) is 35.5 Å². The van der Waals surface area contributed by atoms with Crippen LogP contribution in [-0.4, -0.2) is 52.5 Å². The number of aliphatic hydroxyl groups is 2. The summed E-state index contributed by atoms with van der Waals surface area (Å²) in [6.45, 7) is -0.0467. The normalized spacial score (nSPS) is 25.6. The maximum atomic E-state index is 14.9. The number of nitrogens with one attached hydrogen (secondary N) is 1. The zero-order chi connectivity index (χ0) is 23.4. The second kappa shape index (κ2) is 10.3. The van der Waals surface area contributed by atoms with Gasteiger partial charge >= 0.3 is 0 Å². The lowest BCUT2D eigenvalue weighted by molar-refractivity contribution is -0.111. The largest absolute Gasteiger partial charge is 0.396 e. The molecule has 1 fully saturated rings. The molecular weight excluding hydrogens is 450 g/mol.